The van der Waals surface area contributed by atoms with E-state index in [1.165, 1.54) is 38.5 Å². The van der Waals surface area contributed by atoms with Crippen LogP contribution in [0.1, 0.15) is 19.4 Å². The molecule has 3 aromatic carbocycles. The van der Waals surface area contributed by atoms with Crippen molar-refractivity contribution < 1.29 is 40.6 Å². The van der Waals surface area contributed by atoms with Crippen molar-refractivity contribution >= 4 is 27.3 Å². The van der Waals surface area contributed by atoms with Crippen LogP contribution in [0.4, 0.5) is 24.5 Å². The molecule has 12 heteroatoms. The molecule has 0 radical (unpaired) electrons. The van der Waals surface area contributed by atoms with E-state index in [-0.39, 0.29) is 28.2 Å². The van der Waals surface area contributed by atoms with Gasteiger partial charge in [-0.05, 0) is 56.3 Å². The van der Waals surface area contributed by atoms with Gasteiger partial charge in [0.15, 0.2) is 11.5 Å². The number of sulfonamides is 1. The largest absolute Gasteiger partial charge is 0.493 e. The smallest absolute Gasteiger partial charge is 0.416 e. The van der Waals surface area contributed by atoms with Gasteiger partial charge in [0, 0.05) is 17.8 Å². The minimum atomic E-state index is -4.73. The number of carbonyl (C=O) groups excluding carboxylic acids is 1. The van der Waals surface area contributed by atoms with E-state index in [0.29, 0.717) is 21.8 Å². The number of anilines is 2. The molecule has 0 bridgehead atoms. The van der Waals surface area contributed by atoms with Crippen LogP contribution in [0, 0.1) is 0 Å². The summed E-state index contributed by atoms with van der Waals surface area (Å²) in [7, 11) is -1.86. The number of nitrogens with zero attached hydrogens (tertiary/aromatic N) is 1. The normalized spacial score (nSPS) is 11.7. The fourth-order valence-electron chi connectivity index (χ4n) is 3.51. The van der Waals surface area contributed by atoms with Crippen LogP contribution in [0.3, 0.4) is 0 Å². The van der Waals surface area contributed by atoms with Crippen molar-refractivity contribution in [2.24, 2.45) is 0 Å². The molecule has 8 nitrogen and oxygen atoms in total. The molecule has 0 aliphatic rings. The first kappa shape index (κ1) is 28.6. The van der Waals surface area contributed by atoms with Crippen LogP contribution in [0.15, 0.2) is 71.6 Å². The maximum atomic E-state index is 13.7. The zero-order valence-electron chi connectivity index (χ0n) is 21.1. The van der Waals surface area contributed by atoms with Gasteiger partial charge in [0.25, 0.3) is 10.0 Å². The molecule has 3 aromatic rings. The van der Waals surface area contributed by atoms with E-state index >= 15 is 0 Å². The fourth-order valence-corrected chi connectivity index (χ4v) is 4.94. The third kappa shape index (κ3) is 6.88. The fraction of sp³-hybridized carbons (Fsp3) is 0.269. The quantitative estimate of drug-likeness (QED) is 0.365. The van der Waals surface area contributed by atoms with Gasteiger partial charge in [0.05, 0.1) is 36.5 Å². The van der Waals surface area contributed by atoms with Gasteiger partial charge in [0.1, 0.15) is 12.3 Å². The number of hydrogen-bond acceptors (Lipinski definition) is 6. The van der Waals surface area contributed by atoms with Crippen LogP contribution in [-0.2, 0) is 21.0 Å². The monoisotopic (exact) mass is 552 g/mol. The van der Waals surface area contributed by atoms with Crippen molar-refractivity contribution in [3.05, 3.63) is 72.3 Å². The van der Waals surface area contributed by atoms with Gasteiger partial charge in [-0.2, -0.15) is 13.2 Å². The summed E-state index contributed by atoms with van der Waals surface area (Å²) < 4.78 is 84.1. The van der Waals surface area contributed by atoms with Crippen molar-refractivity contribution in [3.63, 3.8) is 0 Å². The van der Waals surface area contributed by atoms with Crippen LogP contribution >= 0.6 is 0 Å². The maximum absolute atomic E-state index is 13.7. The van der Waals surface area contributed by atoms with E-state index in [0.717, 1.165) is 12.1 Å². The first-order valence-corrected chi connectivity index (χ1v) is 12.8. The van der Waals surface area contributed by atoms with Crippen LogP contribution in [0.2, 0.25) is 0 Å². The van der Waals surface area contributed by atoms with E-state index in [1.54, 1.807) is 24.3 Å². The lowest BCUT2D eigenvalue weighted by Gasteiger charge is -2.25. The Morgan fingerprint density at radius 3 is 2.26 bits per heavy atom. The Bertz CT molecular complexity index is 1390. The number of carbonyl (C=O) groups is 1. The molecule has 0 saturated carbocycles. The van der Waals surface area contributed by atoms with E-state index in [2.05, 4.69) is 5.32 Å². The number of rotatable bonds is 10. The lowest BCUT2D eigenvalue weighted by molar-refractivity contribution is -0.137. The number of benzene rings is 3. The number of methoxy groups -OCH3 is 2. The summed E-state index contributed by atoms with van der Waals surface area (Å²) in [5, 5.41) is 2.57. The number of ether oxygens (including phenoxy) is 3. The third-order valence-electron chi connectivity index (χ3n) is 5.18. The zero-order chi connectivity index (χ0) is 28.1. The highest BCUT2D eigenvalue weighted by atomic mass is 32.2. The summed E-state index contributed by atoms with van der Waals surface area (Å²) in [5.74, 6) is 0.0286. The molecular weight excluding hydrogens is 525 g/mol. The number of amides is 1. The summed E-state index contributed by atoms with van der Waals surface area (Å²) in [6.07, 6.45) is -4.85. The Labute approximate surface area is 219 Å². The van der Waals surface area contributed by atoms with E-state index in [9.17, 15) is 26.4 Å². The Morgan fingerprint density at radius 1 is 0.947 bits per heavy atom. The van der Waals surface area contributed by atoms with Gasteiger partial charge in [0.2, 0.25) is 5.91 Å². The molecule has 0 atom stereocenters. The Morgan fingerprint density at radius 2 is 1.63 bits per heavy atom. The summed E-state index contributed by atoms with van der Waals surface area (Å²) in [4.78, 5) is 12.7. The summed E-state index contributed by atoms with van der Waals surface area (Å²) in [5.41, 5.74) is -1.09. The second-order valence-electron chi connectivity index (χ2n) is 8.32. The molecule has 0 spiro atoms. The highest BCUT2D eigenvalue weighted by Crippen LogP contribution is 2.35. The number of nitrogens with one attached hydrogen (secondary N) is 1. The van der Waals surface area contributed by atoms with Gasteiger partial charge in [-0.1, -0.05) is 12.1 Å². The summed E-state index contributed by atoms with van der Waals surface area (Å²) >= 11 is 0. The molecule has 0 unspecified atom stereocenters. The van der Waals surface area contributed by atoms with Crippen molar-refractivity contribution in [2.45, 2.75) is 31.0 Å². The minimum absolute atomic E-state index is 0.0870. The van der Waals surface area contributed by atoms with Gasteiger partial charge in [-0.15, -0.1) is 0 Å². The second-order valence-corrected chi connectivity index (χ2v) is 10.2. The average molecular weight is 553 g/mol. The second kappa shape index (κ2) is 11.6. The standard InChI is InChI=1S/C26H27F3N2O6S/c1-17(2)37-21-10-6-8-19(14-21)30-25(32)16-31(20-9-5-7-18(13-20)26(27,28)29)38(33,34)22-11-12-23(35-3)24(15-22)36-4/h5-15,17H,16H2,1-4H3,(H,30,32). The Hall–Kier alpha value is -3.93. The van der Waals surface area contributed by atoms with Crippen molar-refractivity contribution in [3.8, 4) is 17.2 Å². The SMILES string of the molecule is COc1ccc(S(=O)(=O)N(CC(=O)Nc2cccc(OC(C)C)c2)c2cccc(C(F)(F)F)c2)cc1OC. The Kier molecular flexibility index (Phi) is 8.77. The molecule has 0 aromatic heterocycles. The third-order valence-corrected chi connectivity index (χ3v) is 6.95. The first-order valence-electron chi connectivity index (χ1n) is 11.3. The lowest BCUT2D eigenvalue weighted by atomic mass is 10.2. The first-order chi connectivity index (χ1) is 17.8. The maximum Gasteiger partial charge on any atom is 0.416 e. The molecule has 204 valence electrons. The molecule has 1 amide bonds. The molecule has 0 fully saturated rings. The molecule has 0 heterocycles. The van der Waals surface area contributed by atoms with Gasteiger partial charge in [-0.25, -0.2) is 8.42 Å². The molecule has 0 saturated heterocycles. The predicted octanol–water partition coefficient (Wildman–Crippen LogP) is 5.34. The van der Waals surface area contributed by atoms with E-state index in [1.807, 2.05) is 13.8 Å². The van der Waals surface area contributed by atoms with Gasteiger partial charge < -0.3 is 19.5 Å². The molecule has 0 aliphatic heterocycles. The highest BCUT2D eigenvalue weighted by molar-refractivity contribution is 7.92. The molecule has 3 rings (SSSR count). The van der Waals surface area contributed by atoms with Crippen molar-refractivity contribution in [1.29, 1.82) is 0 Å². The van der Waals surface area contributed by atoms with Crippen LogP contribution in [0.25, 0.3) is 0 Å². The molecule has 0 aliphatic carbocycles. The molecule has 38 heavy (non-hydrogen) atoms. The topological polar surface area (TPSA) is 94.2 Å². The van der Waals surface area contributed by atoms with Crippen molar-refractivity contribution in [2.75, 3.05) is 30.4 Å². The lowest BCUT2D eigenvalue weighted by Crippen LogP contribution is -2.38. The van der Waals surface area contributed by atoms with E-state index in [4.69, 9.17) is 14.2 Å². The van der Waals surface area contributed by atoms with Crippen LogP contribution in [0.5, 0.6) is 17.2 Å². The summed E-state index contributed by atoms with van der Waals surface area (Å²) in [6, 6.07) is 13.9. The Balaban J connectivity index is 2.02. The highest BCUT2D eigenvalue weighted by Gasteiger charge is 2.33. The average Bonchev–Trinajstić information content (AvgIpc) is 2.86. The molecule has 1 N–H and O–H groups in total. The number of hydrogen-bond donors (Lipinski definition) is 1. The minimum Gasteiger partial charge on any atom is -0.493 e. The number of halogens is 3. The van der Waals surface area contributed by atoms with Gasteiger partial charge in [-0.3, -0.25) is 9.10 Å². The predicted molar refractivity (Wildman–Crippen MR) is 136 cm³/mol. The van der Waals surface area contributed by atoms with Crippen LogP contribution < -0.4 is 23.8 Å². The summed E-state index contributed by atoms with van der Waals surface area (Å²) in [6.45, 7) is 2.85. The van der Waals surface area contributed by atoms with Crippen molar-refractivity contribution in [1.82, 2.24) is 0 Å². The van der Waals surface area contributed by atoms with Crippen LogP contribution in [-0.4, -0.2) is 41.2 Å². The number of alkyl halides is 3. The zero-order valence-corrected chi connectivity index (χ0v) is 21.9. The van der Waals surface area contributed by atoms with Gasteiger partial charge >= 0.3 is 6.18 Å². The molecular formula is C26H27F3N2O6S. The van der Waals surface area contributed by atoms with E-state index < -0.39 is 34.2 Å².